The molecule has 4 fully saturated rings. The molecule has 52 heavy (non-hydrogen) atoms. The van der Waals surface area contributed by atoms with Crippen LogP contribution in [-0.4, -0.2) is 46.7 Å². The fraction of sp³-hybridized carbons (Fsp3) is 0.822. The smallest absolute Gasteiger partial charge is 0.302 e. The minimum absolute atomic E-state index is 0.0277. The highest BCUT2D eigenvalue weighted by molar-refractivity contribution is 6.74. The summed E-state index contributed by atoms with van der Waals surface area (Å²) in [5.41, 5.74) is 3.93. The lowest BCUT2D eigenvalue weighted by atomic mass is 9.60. The first-order valence-electron chi connectivity index (χ1n) is 21.0. The molecule has 7 atom stereocenters. The van der Waals surface area contributed by atoms with Crippen molar-refractivity contribution in [2.45, 2.75) is 207 Å². The van der Waals surface area contributed by atoms with Gasteiger partial charge in [0.15, 0.2) is 16.6 Å². The molecule has 4 aliphatic carbocycles. The van der Waals surface area contributed by atoms with Gasteiger partial charge in [0.2, 0.25) is 0 Å². The van der Waals surface area contributed by atoms with E-state index in [4.69, 9.17) is 20.2 Å². The molecule has 4 rings (SSSR count). The van der Waals surface area contributed by atoms with Crippen LogP contribution in [0.25, 0.3) is 0 Å². The molecule has 4 aliphatic rings. The third-order valence-electron chi connectivity index (χ3n) is 15.2. The highest BCUT2D eigenvalue weighted by Crippen LogP contribution is 2.60. The number of fused-ring (bicyclic) bond motifs is 1. The van der Waals surface area contributed by atoms with E-state index in [0.29, 0.717) is 24.0 Å². The first kappa shape index (κ1) is 43.4. The number of rotatable bonds is 14. The van der Waals surface area contributed by atoms with Gasteiger partial charge in [-0.05, 0) is 128 Å². The Morgan fingerprint density at radius 3 is 2.13 bits per heavy atom. The van der Waals surface area contributed by atoms with E-state index in [-0.39, 0.29) is 51.1 Å². The number of carbonyl (C=O) groups excluding carboxylic acids is 2. The van der Waals surface area contributed by atoms with Gasteiger partial charge >= 0.3 is 5.97 Å². The molecule has 0 aromatic rings. The lowest BCUT2D eigenvalue weighted by molar-refractivity contribution is -0.153. The van der Waals surface area contributed by atoms with E-state index < -0.39 is 16.6 Å². The SMILES string of the molecule is C=C1C(=CC=C2CCC[C@]3(C)[C@@H]([C@H](C)C(CC(=O)C4(CCCC)CC4)OC(C)=O)CC[C@@H]23)C[C@@H](O[Si](C)(C)C(C)(C)C)C[C@@H]1O[Si](C)(C)C(C)(C)C. The molecule has 0 aromatic heterocycles. The van der Waals surface area contributed by atoms with Crippen molar-refractivity contribution in [2.24, 2.45) is 28.6 Å². The van der Waals surface area contributed by atoms with E-state index in [1.54, 1.807) is 5.57 Å². The quantitative estimate of drug-likeness (QED) is 0.131. The highest BCUT2D eigenvalue weighted by atomic mass is 28.4. The molecule has 0 bridgehead atoms. The first-order chi connectivity index (χ1) is 23.9. The molecule has 0 N–H and O–H groups in total. The average Bonchev–Trinajstić information content (AvgIpc) is 3.72. The molecule has 4 saturated carbocycles. The Morgan fingerprint density at radius 2 is 1.58 bits per heavy atom. The van der Waals surface area contributed by atoms with Crippen LogP contribution in [0.1, 0.15) is 153 Å². The molecule has 0 amide bonds. The van der Waals surface area contributed by atoms with Gasteiger partial charge in [-0.2, -0.15) is 0 Å². The summed E-state index contributed by atoms with van der Waals surface area (Å²) in [7, 11) is -4.02. The van der Waals surface area contributed by atoms with E-state index in [1.165, 1.54) is 18.9 Å². The van der Waals surface area contributed by atoms with E-state index in [0.717, 1.165) is 76.2 Å². The maximum Gasteiger partial charge on any atom is 0.302 e. The van der Waals surface area contributed by atoms with Crippen molar-refractivity contribution < 1.29 is 23.2 Å². The summed E-state index contributed by atoms with van der Waals surface area (Å²) < 4.78 is 20.2. The number of hydrogen-bond donors (Lipinski definition) is 0. The van der Waals surface area contributed by atoms with E-state index >= 15 is 0 Å². The zero-order valence-corrected chi connectivity index (χ0v) is 38.1. The van der Waals surface area contributed by atoms with Crippen LogP contribution in [-0.2, 0) is 23.2 Å². The van der Waals surface area contributed by atoms with Crippen LogP contribution in [0, 0.1) is 28.6 Å². The van der Waals surface area contributed by atoms with Crippen molar-refractivity contribution in [3.8, 4) is 0 Å². The number of carbonyl (C=O) groups is 2. The van der Waals surface area contributed by atoms with Crippen molar-refractivity contribution in [1.29, 1.82) is 0 Å². The minimum Gasteiger partial charge on any atom is -0.462 e. The molecular formula is C45H78O5Si2. The molecular weight excluding hydrogens is 677 g/mol. The second-order valence-electron chi connectivity index (χ2n) is 20.9. The van der Waals surface area contributed by atoms with Gasteiger partial charge < -0.3 is 13.6 Å². The molecule has 0 aliphatic heterocycles. The van der Waals surface area contributed by atoms with Gasteiger partial charge in [0, 0.05) is 25.2 Å². The molecule has 7 heteroatoms. The van der Waals surface area contributed by atoms with Gasteiger partial charge in [0.25, 0.3) is 0 Å². The lowest BCUT2D eigenvalue weighted by Gasteiger charge is -2.46. The van der Waals surface area contributed by atoms with Crippen LogP contribution in [0.4, 0.5) is 0 Å². The van der Waals surface area contributed by atoms with Crippen LogP contribution in [0.5, 0.6) is 0 Å². The van der Waals surface area contributed by atoms with Crippen LogP contribution in [0.2, 0.25) is 36.3 Å². The fourth-order valence-corrected chi connectivity index (χ4v) is 12.1. The molecule has 0 aromatic carbocycles. The Morgan fingerprint density at radius 1 is 0.962 bits per heavy atom. The van der Waals surface area contributed by atoms with Gasteiger partial charge in [-0.25, -0.2) is 0 Å². The summed E-state index contributed by atoms with van der Waals surface area (Å²) in [4.78, 5) is 26.1. The number of unbranched alkanes of at least 4 members (excludes halogenated alkanes) is 1. The summed E-state index contributed by atoms with van der Waals surface area (Å²) in [6.45, 7) is 36.5. The van der Waals surface area contributed by atoms with Crippen molar-refractivity contribution in [1.82, 2.24) is 0 Å². The topological polar surface area (TPSA) is 61.8 Å². The van der Waals surface area contributed by atoms with Gasteiger partial charge in [-0.3, -0.25) is 9.59 Å². The number of Topliss-reactive ketones (excluding diaryl/α,β-unsaturated/α-hetero) is 1. The standard InChI is InChI=1S/C45H78O5Si2/c1-16-17-25-45(26-27-45)41(47)30-39(48-33(4)46)32(3)37-22-23-38-34(19-18-24-44(37,38)11)20-21-35-28-36(49-51(12,13)42(5,6)7)29-40(31(35)2)50-52(14,15)43(8,9)10/h20-21,32,36-40H,2,16-19,22-30H2,1,3-15H3/t32-,36+,37+,38-,39?,40-,44+/m0/s1. The van der Waals surface area contributed by atoms with Crippen LogP contribution in [0.3, 0.4) is 0 Å². The lowest BCUT2D eigenvalue weighted by Crippen LogP contribution is -2.49. The Bertz CT molecular complexity index is 1370. The minimum atomic E-state index is -2.03. The van der Waals surface area contributed by atoms with Crippen LogP contribution >= 0.6 is 0 Å². The zero-order chi connectivity index (χ0) is 39.1. The number of ketones is 1. The summed E-state index contributed by atoms with van der Waals surface area (Å²) in [6.07, 6.45) is 17.6. The normalized spacial score (nSPS) is 31.0. The van der Waals surface area contributed by atoms with Crippen LogP contribution in [0.15, 0.2) is 35.5 Å². The molecule has 0 saturated heterocycles. The average molecular weight is 755 g/mol. The van der Waals surface area contributed by atoms with Gasteiger partial charge in [0.1, 0.15) is 11.9 Å². The Balaban J connectivity index is 1.59. The largest absolute Gasteiger partial charge is 0.462 e. The maximum absolute atomic E-state index is 13.7. The predicted octanol–water partition coefficient (Wildman–Crippen LogP) is 12.7. The van der Waals surface area contributed by atoms with E-state index in [1.807, 2.05) is 0 Å². The van der Waals surface area contributed by atoms with Crippen molar-refractivity contribution >= 4 is 28.4 Å². The Kier molecular flexibility index (Phi) is 13.4. The molecule has 0 radical (unpaired) electrons. The highest BCUT2D eigenvalue weighted by Gasteiger charge is 2.54. The molecule has 0 heterocycles. The summed E-state index contributed by atoms with van der Waals surface area (Å²) in [5.74, 6) is 1.11. The first-order valence-corrected chi connectivity index (χ1v) is 26.8. The van der Waals surface area contributed by atoms with Crippen molar-refractivity contribution in [3.05, 3.63) is 35.5 Å². The molecule has 0 spiro atoms. The second kappa shape index (κ2) is 16.1. The second-order valence-corrected chi connectivity index (χ2v) is 30.4. The third kappa shape index (κ3) is 9.56. The third-order valence-corrected chi connectivity index (χ3v) is 24.2. The van der Waals surface area contributed by atoms with Gasteiger partial charge in [-0.1, -0.05) is 99.5 Å². The Labute approximate surface area is 321 Å². The van der Waals surface area contributed by atoms with Gasteiger partial charge in [-0.15, -0.1) is 0 Å². The number of allylic oxidation sites excluding steroid dienone is 3. The number of esters is 1. The number of ether oxygens (including phenoxy) is 1. The molecule has 5 nitrogen and oxygen atoms in total. The molecule has 296 valence electrons. The summed E-state index contributed by atoms with van der Waals surface area (Å²) >= 11 is 0. The molecule has 1 unspecified atom stereocenters. The maximum atomic E-state index is 13.7. The number of hydrogen-bond acceptors (Lipinski definition) is 5. The summed E-state index contributed by atoms with van der Waals surface area (Å²) in [5, 5.41) is 0.257. The fourth-order valence-electron chi connectivity index (χ4n) is 9.45. The van der Waals surface area contributed by atoms with Crippen molar-refractivity contribution in [2.75, 3.05) is 0 Å². The van der Waals surface area contributed by atoms with Crippen LogP contribution < -0.4 is 0 Å². The monoisotopic (exact) mass is 755 g/mol. The van der Waals surface area contributed by atoms with E-state index in [9.17, 15) is 9.59 Å². The van der Waals surface area contributed by atoms with Crippen molar-refractivity contribution in [3.63, 3.8) is 0 Å². The van der Waals surface area contributed by atoms with E-state index in [2.05, 4.69) is 101 Å². The predicted molar refractivity (Wildman–Crippen MR) is 222 cm³/mol. The zero-order valence-electron chi connectivity index (χ0n) is 36.1. The Hall–Kier alpha value is -1.29. The van der Waals surface area contributed by atoms with Gasteiger partial charge in [0.05, 0.1) is 12.2 Å². The summed E-state index contributed by atoms with van der Waals surface area (Å²) in [6, 6.07) is 0.